The van der Waals surface area contributed by atoms with Gasteiger partial charge in [-0.25, -0.2) is 4.39 Å². The molecule has 1 unspecified atom stereocenters. The summed E-state index contributed by atoms with van der Waals surface area (Å²) in [6.07, 6.45) is 1.96. The van der Waals surface area contributed by atoms with Crippen molar-refractivity contribution in [2.75, 3.05) is 33.3 Å². The number of nitrogens with zero attached hydrogens (tertiary/aromatic N) is 2. The van der Waals surface area contributed by atoms with Crippen molar-refractivity contribution in [2.45, 2.75) is 19.4 Å². The Morgan fingerprint density at radius 3 is 2.61 bits per heavy atom. The molecule has 2 aromatic rings. The third kappa shape index (κ3) is 7.05. The molecule has 1 N–H and O–H groups in total. The predicted octanol–water partition coefficient (Wildman–Crippen LogP) is 4.10. The summed E-state index contributed by atoms with van der Waals surface area (Å²) in [5, 5.41) is 3.42. The second-order valence-electron chi connectivity index (χ2n) is 6.95. The van der Waals surface area contributed by atoms with Gasteiger partial charge in [-0.2, -0.15) is 0 Å². The highest BCUT2D eigenvalue weighted by atomic mass is 127. The summed E-state index contributed by atoms with van der Waals surface area (Å²) in [5.74, 6) is 1.27. The van der Waals surface area contributed by atoms with E-state index >= 15 is 0 Å². The molecule has 2 aromatic carbocycles. The van der Waals surface area contributed by atoms with Gasteiger partial charge in [0.05, 0.1) is 13.2 Å². The van der Waals surface area contributed by atoms with Crippen molar-refractivity contribution in [2.24, 2.45) is 10.9 Å². The Kier molecular flexibility index (Phi) is 9.70. The maximum atomic E-state index is 13.0. The summed E-state index contributed by atoms with van der Waals surface area (Å²) in [5.41, 5.74) is 2.33. The number of guanidine groups is 1. The Morgan fingerprint density at radius 1 is 1.14 bits per heavy atom. The van der Waals surface area contributed by atoms with Gasteiger partial charge in [-0.1, -0.05) is 42.5 Å². The first kappa shape index (κ1) is 22.6. The van der Waals surface area contributed by atoms with Crippen LogP contribution in [0.5, 0.6) is 0 Å². The molecule has 1 heterocycles. The number of ether oxygens (including phenoxy) is 1. The maximum Gasteiger partial charge on any atom is 0.193 e. The zero-order valence-electron chi connectivity index (χ0n) is 16.3. The molecule has 1 aliphatic rings. The van der Waals surface area contributed by atoms with Crippen molar-refractivity contribution in [1.29, 1.82) is 0 Å². The average Bonchev–Trinajstić information content (AvgIpc) is 3.16. The van der Waals surface area contributed by atoms with Crippen molar-refractivity contribution >= 4 is 29.9 Å². The highest BCUT2D eigenvalue weighted by Crippen LogP contribution is 2.17. The van der Waals surface area contributed by atoms with E-state index in [1.54, 1.807) is 0 Å². The van der Waals surface area contributed by atoms with Gasteiger partial charge in [-0.15, -0.1) is 24.0 Å². The number of aliphatic imine (C=N–C) groups is 1. The van der Waals surface area contributed by atoms with E-state index in [-0.39, 0.29) is 29.8 Å². The molecule has 0 amide bonds. The topological polar surface area (TPSA) is 36.9 Å². The molecule has 3 rings (SSSR count). The van der Waals surface area contributed by atoms with Crippen molar-refractivity contribution in [1.82, 2.24) is 10.2 Å². The fourth-order valence-corrected chi connectivity index (χ4v) is 3.38. The third-order valence-corrected chi connectivity index (χ3v) is 4.87. The van der Waals surface area contributed by atoms with Crippen LogP contribution in [-0.4, -0.2) is 44.1 Å². The van der Waals surface area contributed by atoms with E-state index in [1.807, 2.05) is 37.4 Å². The summed E-state index contributed by atoms with van der Waals surface area (Å²) in [6, 6.07) is 16.9. The molecule has 152 valence electrons. The monoisotopic (exact) mass is 497 g/mol. The number of nitrogens with one attached hydrogen (secondary N) is 1. The summed E-state index contributed by atoms with van der Waals surface area (Å²) in [6.45, 7) is 4.19. The highest BCUT2D eigenvalue weighted by Gasteiger charge is 2.24. The Bertz CT molecular complexity index is 724. The van der Waals surface area contributed by atoms with Gasteiger partial charge >= 0.3 is 0 Å². The SMILES string of the molecule is CN=C(NCCc1ccc(F)cc1)N1CCC(COCc2ccccc2)C1.I. The van der Waals surface area contributed by atoms with E-state index in [4.69, 9.17) is 4.74 Å². The van der Waals surface area contributed by atoms with Gasteiger partial charge in [-0.3, -0.25) is 4.99 Å². The van der Waals surface area contributed by atoms with Crippen LogP contribution in [0, 0.1) is 11.7 Å². The molecule has 28 heavy (non-hydrogen) atoms. The number of hydrogen-bond donors (Lipinski definition) is 1. The van der Waals surface area contributed by atoms with Crippen LogP contribution in [0.1, 0.15) is 17.5 Å². The second-order valence-corrected chi connectivity index (χ2v) is 6.95. The first-order chi connectivity index (χ1) is 13.2. The molecular weight excluding hydrogens is 468 g/mol. The lowest BCUT2D eigenvalue weighted by Crippen LogP contribution is -2.41. The Balaban J connectivity index is 0.00000280. The van der Waals surface area contributed by atoms with Crippen molar-refractivity contribution in [3.63, 3.8) is 0 Å². The number of likely N-dealkylation sites (tertiary alicyclic amines) is 1. The number of benzene rings is 2. The van der Waals surface area contributed by atoms with Crippen molar-refractivity contribution in [3.8, 4) is 0 Å². The molecule has 0 aromatic heterocycles. The molecule has 1 saturated heterocycles. The smallest absolute Gasteiger partial charge is 0.193 e. The fourth-order valence-electron chi connectivity index (χ4n) is 3.38. The predicted molar refractivity (Wildman–Crippen MR) is 123 cm³/mol. The first-order valence-corrected chi connectivity index (χ1v) is 9.56. The Morgan fingerprint density at radius 2 is 1.89 bits per heavy atom. The minimum Gasteiger partial charge on any atom is -0.376 e. The van der Waals surface area contributed by atoms with E-state index in [0.29, 0.717) is 12.5 Å². The lowest BCUT2D eigenvalue weighted by molar-refractivity contribution is 0.0907. The zero-order valence-corrected chi connectivity index (χ0v) is 18.6. The van der Waals surface area contributed by atoms with Gasteiger partial charge in [0.25, 0.3) is 0 Å². The average molecular weight is 497 g/mol. The van der Waals surface area contributed by atoms with Crippen LogP contribution in [0.4, 0.5) is 4.39 Å². The molecule has 1 fully saturated rings. The van der Waals surface area contributed by atoms with Gasteiger partial charge in [0.1, 0.15) is 5.82 Å². The molecular formula is C22H29FIN3O. The van der Waals surface area contributed by atoms with Crippen LogP contribution in [0.2, 0.25) is 0 Å². The third-order valence-electron chi connectivity index (χ3n) is 4.87. The number of hydrogen-bond acceptors (Lipinski definition) is 2. The summed E-state index contributed by atoms with van der Waals surface area (Å²) < 4.78 is 18.9. The second kappa shape index (κ2) is 12.0. The Hall–Kier alpha value is -1.67. The molecule has 0 saturated carbocycles. The van der Waals surface area contributed by atoms with Gasteiger partial charge in [0.15, 0.2) is 5.96 Å². The van der Waals surface area contributed by atoms with Crippen molar-refractivity contribution in [3.05, 3.63) is 71.5 Å². The van der Waals surface area contributed by atoms with E-state index < -0.39 is 0 Å². The minimum atomic E-state index is -0.194. The van der Waals surface area contributed by atoms with Gasteiger partial charge in [0.2, 0.25) is 0 Å². The maximum absolute atomic E-state index is 13.0. The molecule has 1 atom stereocenters. The Labute approximate surface area is 184 Å². The van der Waals surface area contributed by atoms with E-state index in [2.05, 4.69) is 27.3 Å². The lowest BCUT2D eigenvalue weighted by atomic mass is 10.1. The van der Waals surface area contributed by atoms with Crippen molar-refractivity contribution < 1.29 is 9.13 Å². The van der Waals surface area contributed by atoms with Gasteiger partial charge in [0, 0.05) is 32.6 Å². The van der Waals surface area contributed by atoms with Crippen LogP contribution in [-0.2, 0) is 17.8 Å². The quantitative estimate of drug-likeness (QED) is 0.356. The van der Waals surface area contributed by atoms with E-state index in [0.717, 1.165) is 50.6 Å². The van der Waals surface area contributed by atoms with Gasteiger partial charge < -0.3 is 15.0 Å². The zero-order chi connectivity index (χ0) is 18.9. The molecule has 0 radical (unpaired) electrons. The van der Waals surface area contributed by atoms with Crippen LogP contribution < -0.4 is 5.32 Å². The molecule has 0 bridgehead atoms. The summed E-state index contributed by atoms with van der Waals surface area (Å²) in [4.78, 5) is 6.70. The van der Waals surface area contributed by atoms with Crippen LogP contribution in [0.3, 0.4) is 0 Å². The van der Waals surface area contributed by atoms with Crippen LogP contribution in [0.25, 0.3) is 0 Å². The summed E-state index contributed by atoms with van der Waals surface area (Å²) >= 11 is 0. The first-order valence-electron chi connectivity index (χ1n) is 9.56. The lowest BCUT2D eigenvalue weighted by Gasteiger charge is -2.21. The molecule has 0 spiro atoms. The highest BCUT2D eigenvalue weighted by molar-refractivity contribution is 14.0. The van der Waals surface area contributed by atoms with Crippen LogP contribution >= 0.6 is 24.0 Å². The standard InChI is InChI=1S/C22H28FN3O.HI/c1-24-22(25-13-11-18-7-9-21(23)10-8-18)26-14-12-20(15-26)17-27-16-19-5-3-2-4-6-19;/h2-10,20H,11-17H2,1H3,(H,24,25);1H. The molecule has 1 aliphatic heterocycles. The molecule has 6 heteroatoms. The van der Waals surface area contributed by atoms with Gasteiger partial charge in [-0.05, 0) is 36.1 Å². The summed E-state index contributed by atoms with van der Waals surface area (Å²) in [7, 11) is 1.82. The normalized spacial score (nSPS) is 16.7. The molecule has 0 aliphatic carbocycles. The van der Waals surface area contributed by atoms with E-state index in [1.165, 1.54) is 17.7 Å². The number of halogens is 2. The largest absolute Gasteiger partial charge is 0.376 e. The van der Waals surface area contributed by atoms with Crippen LogP contribution in [0.15, 0.2) is 59.6 Å². The minimum absolute atomic E-state index is 0. The molecule has 4 nitrogen and oxygen atoms in total. The fraction of sp³-hybridized carbons (Fsp3) is 0.409. The number of rotatable bonds is 7. The van der Waals surface area contributed by atoms with E-state index in [9.17, 15) is 4.39 Å².